The standard InChI is InChI=1S/C31H40N4O3/c1-3-22-4-6-26(7-5-22)30(36)34-12-10-33(11-13-34)27-8-9-29(35(37)38)28(17-27)32-21(2)31-18-23-14-24(19-31)16-25(15-23)20-31/h4-9,17,21,23-25,32H,3,10-16,18-20H2,1-2H3/t21-,23?,24?,25?,31?/m1/s1. The van der Waals surface area contributed by atoms with Gasteiger partial charge in [-0.1, -0.05) is 19.1 Å². The lowest BCUT2D eigenvalue weighted by molar-refractivity contribution is -0.384. The molecule has 7 heteroatoms. The Hall–Kier alpha value is -3.09. The Morgan fingerprint density at radius 3 is 2.16 bits per heavy atom. The Balaban J connectivity index is 1.15. The van der Waals surface area contributed by atoms with E-state index >= 15 is 0 Å². The van der Waals surface area contributed by atoms with Crippen LogP contribution in [0, 0.1) is 33.3 Å². The number of nitro groups is 1. The lowest BCUT2D eigenvalue weighted by Crippen LogP contribution is -2.53. The fourth-order valence-electron chi connectivity index (χ4n) is 8.32. The molecule has 5 fully saturated rings. The smallest absolute Gasteiger partial charge is 0.292 e. The van der Waals surface area contributed by atoms with E-state index in [0.717, 1.165) is 35.4 Å². The van der Waals surface area contributed by atoms with Crippen molar-refractivity contribution < 1.29 is 9.72 Å². The van der Waals surface area contributed by atoms with Gasteiger partial charge < -0.3 is 15.1 Å². The zero-order chi connectivity index (χ0) is 26.4. The molecule has 2 aromatic carbocycles. The van der Waals surface area contributed by atoms with Crippen molar-refractivity contribution in [1.29, 1.82) is 0 Å². The first kappa shape index (κ1) is 25.2. The molecule has 0 aromatic heterocycles. The second kappa shape index (κ2) is 9.90. The summed E-state index contributed by atoms with van der Waals surface area (Å²) in [5.74, 6) is 2.60. The molecule has 0 radical (unpaired) electrons. The Bertz CT molecular complexity index is 1170. The highest BCUT2D eigenvalue weighted by molar-refractivity contribution is 5.94. The van der Waals surface area contributed by atoms with Crippen LogP contribution < -0.4 is 10.2 Å². The van der Waals surface area contributed by atoms with Gasteiger partial charge in [0.15, 0.2) is 0 Å². The van der Waals surface area contributed by atoms with Crippen LogP contribution in [0.1, 0.15) is 68.3 Å². The summed E-state index contributed by atoms with van der Waals surface area (Å²) in [5, 5.41) is 15.6. The van der Waals surface area contributed by atoms with Crippen LogP contribution in [0.4, 0.5) is 17.1 Å². The van der Waals surface area contributed by atoms with E-state index in [1.54, 1.807) is 6.07 Å². The molecular formula is C31H40N4O3. The largest absolute Gasteiger partial charge is 0.376 e. The number of benzene rings is 2. The predicted molar refractivity (Wildman–Crippen MR) is 151 cm³/mol. The van der Waals surface area contributed by atoms with E-state index in [1.807, 2.05) is 41.3 Å². The Kier molecular flexibility index (Phi) is 6.57. The number of nitrogens with one attached hydrogen (secondary N) is 1. The Morgan fingerprint density at radius 2 is 1.61 bits per heavy atom. The topological polar surface area (TPSA) is 78.7 Å². The van der Waals surface area contributed by atoms with Crippen molar-refractivity contribution in [3.8, 4) is 0 Å². The van der Waals surface area contributed by atoms with Gasteiger partial charge in [0, 0.05) is 49.5 Å². The van der Waals surface area contributed by atoms with Gasteiger partial charge in [0.25, 0.3) is 11.6 Å². The molecule has 4 saturated carbocycles. The minimum atomic E-state index is -0.265. The molecule has 4 aliphatic carbocycles. The molecule has 38 heavy (non-hydrogen) atoms. The first-order chi connectivity index (χ1) is 18.3. The molecule has 1 atom stereocenters. The van der Waals surface area contributed by atoms with Gasteiger partial charge in [-0.05, 0) is 105 Å². The Labute approximate surface area is 225 Å². The fourth-order valence-corrected chi connectivity index (χ4v) is 8.32. The number of nitro benzene ring substituents is 1. The summed E-state index contributed by atoms with van der Waals surface area (Å²) < 4.78 is 0. The predicted octanol–water partition coefficient (Wildman–Crippen LogP) is 6.14. The van der Waals surface area contributed by atoms with E-state index in [9.17, 15) is 14.9 Å². The highest BCUT2D eigenvalue weighted by Crippen LogP contribution is 2.61. The van der Waals surface area contributed by atoms with Crippen LogP contribution in [0.5, 0.6) is 0 Å². The second-order valence-electron chi connectivity index (χ2n) is 12.4. The van der Waals surface area contributed by atoms with Crippen molar-refractivity contribution in [2.75, 3.05) is 36.4 Å². The number of carbonyl (C=O) groups excluding carboxylic acids is 1. The monoisotopic (exact) mass is 516 g/mol. The van der Waals surface area contributed by atoms with Crippen LogP contribution in [0.3, 0.4) is 0 Å². The molecule has 1 N–H and O–H groups in total. The number of nitrogens with zero attached hydrogens (tertiary/aromatic N) is 3. The molecule has 5 aliphatic rings. The number of aryl methyl sites for hydroxylation is 1. The van der Waals surface area contributed by atoms with E-state index in [-0.39, 0.29) is 28.0 Å². The molecule has 2 aromatic rings. The van der Waals surface area contributed by atoms with Crippen molar-refractivity contribution in [2.45, 2.75) is 64.8 Å². The number of carbonyl (C=O) groups is 1. The first-order valence-corrected chi connectivity index (χ1v) is 14.5. The zero-order valence-corrected chi connectivity index (χ0v) is 22.7. The minimum absolute atomic E-state index is 0.0720. The van der Waals surface area contributed by atoms with Gasteiger partial charge in [0.1, 0.15) is 5.69 Å². The summed E-state index contributed by atoms with van der Waals surface area (Å²) in [5.41, 5.74) is 3.98. The number of anilines is 2. The third kappa shape index (κ3) is 4.65. The van der Waals surface area contributed by atoms with Crippen LogP contribution in [0.25, 0.3) is 0 Å². The number of rotatable bonds is 7. The average molecular weight is 517 g/mol. The lowest BCUT2D eigenvalue weighted by Gasteiger charge is -2.59. The van der Waals surface area contributed by atoms with Gasteiger partial charge in [-0.15, -0.1) is 0 Å². The van der Waals surface area contributed by atoms with Crippen molar-refractivity contribution in [3.63, 3.8) is 0 Å². The third-order valence-corrected chi connectivity index (χ3v) is 10.1. The van der Waals surface area contributed by atoms with Gasteiger partial charge in [-0.25, -0.2) is 0 Å². The molecule has 1 saturated heterocycles. The van der Waals surface area contributed by atoms with Crippen LogP contribution in [0.15, 0.2) is 42.5 Å². The number of amides is 1. The molecule has 202 valence electrons. The molecule has 7 nitrogen and oxygen atoms in total. The minimum Gasteiger partial charge on any atom is -0.376 e. The molecule has 4 bridgehead atoms. The van der Waals surface area contributed by atoms with Crippen molar-refractivity contribution in [3.05, 3.63) is 63.7 Å². The number of hydrogen-bond acceptors (Lipinski definition) is 5. The third-order valence-electron chi connectivity index (χ3n) is 10.1. The molecular weight excluding hydrogens is 476 g/mol. The zero-order valence-electron chi connectivity index (χ0n) is 22.7. The molecule has 1 aliphatic heterocycles. The van der Waals surface area contributed by atoms with Crippen molar-refractivity contribution in [2.24, 2.45) is 23.2 Å². The Morgan fingerprint density at radius 1 is 1.00 bits per heavy atom. The van der Waals surface area contributed by atoms with Gasteiger partial charge >= 0.3 is 0 Å². The number of hydrogen-bond donors (Lipinski definition) is 1. The van der Waals surface area contributed by atoms with Crippen molar-refractivity contribution in [1.82, 2.24) is 4.90 Å². The van der Waals surface area contributed by atoms with E-state index < -0.39 is 0 Å². The average Bonchev–Trinajstić information content (AvgIpc) is 2.92. The summed E-state index contributed by atoms with van der Waals surface area (Å²) in [7, 11) is 0. The van der Waals surface area contributed by atoms with E-state index in [1.165, 1.54) is 44.1 Å². The highest BCUT2D eigenvalue weighted by atomic mass is 16.6. The fraction of sp³-hybridized carbons (Fsp3) is 0.581. The van der Waals surface area contributed by atoms with Crippen LogP contribution in [0.2, 0.25) is 0 Å². The normalized spacial score (nSPS) is 28.8. The lowest BCUT2D eigenvalue weighted by atomic mass is 9.48. The molecule has 7 rings (SSSR count). The highest BCUT2D eigenvalue weighted by Gasteiger charge is 2.53. The summed E-state index contributed by atoms with van der Waals surface area (Å²) >= 11 is 0. The summed E-state index contributed by atoms with van der Waals surface area (Å²) in [4.78, 5) is 28.9. The second-order valence-corrected chi connectivity index (χ2v) is 12.4. The molecule has 0 unspecified atom stereocenters. The molecule has 1 heterocycles. The van der Waals surface area contributed by atoms with Gasteiger partial charge in [0.2, 0.25) is 0 Å². The summed E-state index contributed by atoms with van der Waals surface area (Å²) in [6.07, 6.45) is 8.91. The van der Waals surface area contributed by atoms with E-state index in [2.05, 4.69) is 24.1 Å². The van der Waals surface area contributed by atoms with Crippen LogP contribution >= 0.6 is 0 Å². The van der Waals surface area contributed by atoms with E-state index in [4.69, 9.17) is 0 Å². The molecule has 1 amide bonds. The van der Waals surface area contributed by atoms with Gasteiger partial charge in [-0.3, -0.25) is 14.9 Å². The SMILES string of the molecule is CCc1ccc(C(=O)N2CCN(c3ccc([N+](=O)[O-])c(N[C@H](C)C45CC6CC(CC(C6)C4)C5)c3)CC2)cc1. The maximum absolute atomic E-state index is 13.0. The van der Waals surface area contributed by atoms with Gasteiger partial charge in [-0.2, -0.15) is 0 Å². The quantitative estimate of drug-likeness (QED) is 0.353. The molecule has 0 spiro atoms. The number of piperazine rings is 1. The maximum atomic E-state index is 13.0. The van der Waals surface area contributed by atoms with Crippen molar-refractivity contribution >= 4 is 23.0 Å². The van der Waals surface area contributed by atoms with Crippen LogP contribution in [-0.2, 0) is 6.42 Å². The van der Waals surface area contributed by atoms with Gasteiger partial charge in [0.05, 0.1) is 4.92 Å². The summed E-state index contributed by atoms with van der Waals surface area (Å²) in [6, 6.07) is 13.6. The van der Waals surface area contributed by atoms with Crippen LogP contribution in [-0.4, -0.2) is 48.0 Å². The first-order valence-electron chi connectivity index (χ1n) is 14.5. The maximum Gasteiger partial charge on any atom is 0.292 e. The summed E-state index contributed by atoms with van der Waals surface area (Å²) in [6.45, 7) is 7.05. The van der Waals surface area contributed by atoms with E-state index in [0.29, 0.717) is 31.9 Å².